The summed E-state index contributed by atoms with van der Waals surface area (Å²) in [7, 11) is 0. The van der Waals surface area contributed by atoms with Crippen molar-refractivity contribution >= 4 is 32.3 Å². The first-order valence-corrected chi connectivity index (χ1v) is 19.7. The second-order valence-corrected chi connectivity index (χ2v) is 15.7. The molecule has 1 aromatic heterocycles. The Bertz CT molecular complexity index is 3180. The Morgan fingerprint density at radius 3 is 1.42 bits per heavy atom. The summed E-state index contributed by atoms with van der Waals surface area (Å²) in [6.45, 7) is 4.62. The van der Waals surface area contributed by atoms with Crippen LogP contribution in [-0.4, -0.2) is 9.97 Å². The van der Waals surface area contributed by atoms with Gasteiger partial charge in [0.25, 0.3) is 0 Å². The number of fused-ring (bicyclic) bond motifs is 9. The Hall–Kier alpha value is -7.16. The molecule has 0 N–H and O–H groups in total. The van der Waals surface area contributed by atoms with E-state index in [4.69, 9.17) is 9.97 Å². The van der Waals surface area contributed by atoms with Crippen LogP contribution in [0.2, 0.25) is 0 Å². The predicted molar refractivity (Wildman–Crippen MR) is 239 cm³/mol. The summed E-state index contributed by atoms with van der Waals surface area (Å²) >= 11 is 0. The van der Waals surface area contributed by atoms with Gasteiger partial charge in [0, 0.05) is 27.7 Å². The van der Waals surface area contributed by atoms with E-state index in [9.17, 15) is 0 Å². The summed E-state index contributed by atoms with van der Waals surface area (Å²) < 4.78 is 0. The zero-order valence-corrected chi connectivity index (χ0v) is 31.9. The molecule has 1 aliphatic carbocycles. The summed E-state index contributed by atoms with van der Waals surface area (Å²) in [6.07, 6.45) is 0. The Kier molecular flexibility index (Phi) is 7.55. The fourth-order valence-electron chi connectivity index (χ4n) is 9.23. The first kappa shape index (κ1) is 33.2. The molecule has 0 spiro atoms. The third-order valence-electron chi connectivity index (χ3n) is 12.0. The van der Waals surface area contributed by atoms with Crippen LogP contribution in [0.1, 0.15) is 25.0 Å². The number of nitrogens with zero attached hydrogens (tertiary/aromatic N) is 2. The van der Waals surface area contributed by atoms with Gasteiger partial charge in [-0.05, 0) is 95.5 Å². The van der Waals surface area contributed by atoms with E-state index in [-0.39, 0.29) is 5.41 Å². The highest BCUT2D eigenvalue weighted by atomic mass is 14.9. The molecule has 0 amide bonds. The molecule has 10 aromatic rings. The lowest BCUT2D eigenvalue weighted by atomic mass is 9.80. The lowest BCUT2D eigenvalue weighted by Gasteiger charge is -2.24. The number of rotatable bonds is 5. The number of hydrogen-bond donors (Lipinski definition) is 0. The van der Waals surface area contributed by atoms with E-state index in [1.165, 1.54) is 71.3 Å². The van der Waals surface area contributed by atoms with E-state index >= 15 is 0 Å². The van der Waals surface area contributed by atoms with Crippen molar-refractivity contribution in [1.82, 2.24) is 9.97 Å². The van der Waals surface area contributed by atoms with Crippen molar-refractivity contribution in [2.24, 2.45) is 0 Å². The van der Waals surface area contributed by atoms with Crippen LogP contribution in [0.15, 0.2) is 194 Å². The van der Waals surface area contributed by atoms with E-state index in [0.717, 1.165) is 39.5 Å². The minimum absolute atomic E-state index is 0.271. The molecular formula is C55H38N2. The Morgan fingerprint density at radius 1 is 0.316 bits per heavy atom. The van der Waals surface area contributed by atoms with Crippen LogP contribution in [-0.2, 0) is 5.41 Å². The molecule has 1 aliphatic rings. The molecule has 0 aliphatic heterocycles. The summed E-state index contributed by atoms with van der Waals surface area (Å²) in [5.74, 6) is 0.734. The fraction of sp³-hybridized carbons (Fsp3) is 0.0545. The average molecular weight is 727 g/mol. The minimum Gasteiger partial charge on any atom is -0.228 e. The maximum absolute atomic E-state index is 5.46. The number of benzene rings is 9. The van der Waals surface area contributed by atoms with E-state index < -0.39 is 0 Å². The topological polar surface area (TPSA) is 25.8 Å². The Morgan fingerprint density at radius 2 is 0.754 bits per heavy atom. The number of hydrogen-bond acceptors (Lipinski definition) is 2. The molecule has 0 unspecified atom stereocenters. The van der Waals surface area contributed by atoms with E-state index in [0.29, 0.717) is 0 Å². The van der Waals surface area contributed by atoms with Gasteiger partial charge in [-0.15, -0.1) is 0 Å². The highest BCUT2D eigenvalue weighted by molar-refractivity contribution is 6.25. The van der Waals surface area contributed by atoms with Crippen molar-refractivity contribution in [1.29, 1.82) is 0 Å². The quantitative estimate of drug-likeness (QED) is 0.165. The first-order chi connectivity index (χ1) is 28.0. The second kappa shape index (κ2) is 13.0. The van der Waals surface area contributed by atoms with Gasteiger partial charge in [-0.25, -0.2) is 9.97 Å². The van der Waals surface area contributed by atoms with Crippen molar-refractivity contribution in [2.75, 3.05) is 0 Å². The molecular weight excluding hydrogens is 689 g/mol. The molecule has 0 atom stereocenters. The van der Waals surface area contributed by atoms with Crippen LogP contribution in [0.25, 0.3) is 99.6 Å². The zero-order valence-electron chi connectivity index (χ0n) is 31.9. The van der Waals surface area contributed by atoms with Crippen molar-refractivity contribution in [3.8, 4) is 67.3 Å². The molecule has 0 fully saturated rings. The molecule has 1 heterocycles. The predicted octanol–water partition coefficient (Wildman–Crippen LogP) is 14.6. The lowest BCUT2D eigenvalue weighted by molar-refractivity contribution is 0.658. The first-order valence-electron chi connectivity index (χ1n) is 19.7. The van der Waals surface area contributed by atoms with Gasteiger partial charge in [-0.1, -0.05) is 184 Å². The van der Waals surface area contributed by atoms with Gasteiger partial charge in [0.05, 0.1) is 11.4 Å². The van der Waals surface area contributed by atoms with Crippen molar-refractivity contribution in [3.05, 3.63) is 205 Å². The third kappa shape index (κ3) is 5.40. The third-order valence-corrected chi connectivity index (χ3v) is 12.0. The van der Waals surface area contributed by atoms with Crippen LogP contribution >= 0.6 is 0 Å². The summed E-state index contributed by atoms with van der Waals surface area (Å²) in [5.41, 5.74) is 14.5. The maximum Gasteiger partial charge on any atom is 0.160 e. The molecule has 57 heavy (non-hydrogen) atoms. The lowest BCUT2D eigenvalue weighted by Crippen LogP contribution is -2.17. The molecule has 9 aromatic carbocycles. The summed E-state index contributed by atoms with van der Waals surface area (Å²) in [6, 6.07) is 70.2. The van der Waals surface area contributed by atoms with Crippen molar-refractivity contribution in [3.63, 3.8) is 0 Å². The Labute approximate surface area is 332 Å². The van der Waals surface area contributed by atoms with Crippen LogP contribution in [0, 0.1) is 0 Å². The summed E-state index contributed by atoms with van der Waals surface area (Å²) in [4.78, 5) is 10.8. The van der Waals surface area contributed by atoms with Gasteiger partial charge in [-0.3, -0.25) is 0 Å². The van der Waals surface area contributed by atoms with Gasteiger partial charge < -0.3 is 0 Å². The largest absolute Gasteiger partial charge is 0.228 e. The molecule has 0 bridgehead atoms. The normalized spacial score (nSPS) is 12.9. The van der Waals surface area contributed by atoms with Crippen molar-refractivity contribution in [2.45, 2.75) is 19.3 Å². The van der Waals surface area contributed by atoms with Gasteiger partial charge in [0.2, 0.25) is 0 Å². The molecule has 2 nitrogen and oxygen atoms in total. The molecule has 0 radical (unpaired) electrons. The minimum atomic E-state index is -0.271. The van der Waals surface area contributed by atoms with E-state index in [1.54, 1.807) is 0 Å². The van der Waals surface area contributed by atoms with Gasteiger partial charge >= 0.3 is 0 Å². The maximum atomic E-state index is 5.46. The highest BCUT2D eigenvalue weighted by Gasteiger charge is 2.40. The zero-order chi connectivity index (χ0) is 38.1. The second-order valence-electron chi connectivity index (χ2n) is 15.7. The van der Waals surface area contributed by atoms with Crippen LogP contribution in [0.3, 0.4) is 0 Å². The molecule has 11 rings (SSSR count). The van der Waals surface area contributed by atoms with Crippen LogP contribution < -0.4 is 0 Å². The van der Waals surface area contributed by atoms with Crippen molar-refractivity contribution < 1.29 is 0 Å². The molecule has 0 saturated heterocycles. The van der Waals surface area contributed by atoms with Gasteiger partial charge in [0.15, 0.2) is 5.82 Å². The van der Waals surface area contributed by atoms with Crippen LogP contribution in [0.4, 0.5) is 0 Å². The molecule has 0 saturated carbocycles. The van der Waals surface area contributed by atoms with Gasteiger partial charge in [-0.2, -0.15) is 0 Å². The smallest absolute Gasteiger partial charge is 0.160 e. The van der Waals surface area contributed by atoms with E-state index in [1.807, 2.05) is 0 Å². The van der Waals surface area contributed by atoms with Crippen LogP contribution in [0.5, 0.6) is 0 Å². The highest BCUT2D eigenvalue weighted by Crippen LogP contribution is 2.51. The summed E-state index contributed by atoms with van der Waals surface area (Å²) in [5, 5.41) is 7.72. The standard InChI is InChI=1S/C55H38N2/c1-55(2)50-28-11-10-27-48(50)53-51(55)52(56-54(57-53)42-22-14-17-36(33-42)35-15-4-3-5-16-35)41-21-13-20-39(32-41)37-18-12-19-38(31-37)40-29-30-47-45-25-7-6-23-43(45)44-24-8-9-26-46(44)49(47)34-40/h3-34H,1-2H3. The number of aromatic nitrogens is 2. The molecule has 268 valence electrons. The van der Waals surface area contributed by atoms with E-state index in [2.05, 4.69) is 208 Å². The monoisotopic (exact) mass is 726 g/mol. The average Bonchev–Trinajstić information content (AvgIpc) is 3.52. The van der Waals surface area contributed by atoms with Gasteiger partial charge in [0.1, 0.15) is 0 Å². The molecule has 2 heteroatoms. The Balaban J connectivity index is 1.04. The SMILES string of the molecule is CC1(C)c2ccccc2-c2nc(-c3cccc(-c4ccccc4)c3)nc(-c3cccc(-c4cccc(-c5ccc6c7ccccc7c7ccccc7c6c5)c4)c3)c21. The fourth-order valence-corrected chi connectivity index (χ4v) is 9.23.